The fourth-order valence-electron chi connectivity index (χ4n) is 0.817. The van der Waals surface area contributed by atoms with Gasteiger partial charge in [-0.25, -0.2) is 8.78 Å². The van der Waals surface area contributed by atoms with Crippen molar-refractivity contribution in [3.8, 4) is 0 Å². The van der Waals surface area contributed by atoms with Crippen LogP contribution in [-0.4, -0.2) is 49.1 Å². The summed E-state index contributed by atoms with van der Waals surface area (Å²) in [7, 11) is 1.13. The van der Waals surface area contributed by atoms with Crippen LogP contribution in [0, 0.1) is 0 Å². The topological polar surface area (TPSA) is 55.4 Å². The van der Waals surface area contributed by atoms with Crippen molar-refractivity contribution in [2.75, 3.05) is 19.0 Å². The van der Waals surface area contributed by atoms with Gasteiger partial charge >= 0.3 is 12.3 Å². The molecule has 1 N–H and O–H groups in total. The zero-order valence-corrected chi connectivity index (χ0v) is 10.3. The van der Waals surface area contributed by atoms with Crippen LogP contribution in [0.5, 0.6) is 0 Å². The first-order chi connectivity index (χ1) is 7.77. The van der Waals surface area contributed by atoms with Gasteiger partial charge in [-0.3, -0.25) is 9.59 Å². The average Bonchev–Trinajstić information content (AvgIpc) is 2.28. The fourth-order valence-corrected chi connectivity index (χ4v) is 1.18. The number of Topliss-reactive ketones (excluding diaryl/α,β-unsaturated/α-hetero) is 1. The molecule has 0 rings (SSSR count). The monoisotopic (exact) mass is 323 g/mol. The maximum atomic E-state index is 12.5. The van der Waals surface area contributed by atoms with Crippen LogP contribution in [0.2, 0.25) is 0 Å². The van der Waals surface area contributed by atoms with E-state index in [1.165, 1.54) is 5.32 Å². The highest BCUT2D eigenvalue weighted by Crippen LogP contribution is 2.22. The molecule has 1 atom stereocenters. The Kier molecular flexibility index (Phi) is 6.61. The van der Waals surface area contributed by atoms with Gasteiger partial charge in [0.05, 0.1) is 11.9 Å². The lowest BCUT2D eigenvalue weighted by Gasteiger charge is -2.17. The molecule has 0 aromatic heterocycles. The van der Waals surface area contributed by atoms with E-state index < -0.39 is 36.7 Å². The summed E-state index contributed by atoms with van der Waals surface area (Å²) in [4.78, 5) is 21.8. The van der Waals surface area contributed by atoms with Gasteiger partial charge in [-0.15, -0.1) is 0 Å². The number of rotatable bonds is 7. The summed E-state index contributed by atoms with van der Waals surface area (Å²) >= 11 is 2.82. The molecule has 0 aliphatic heterocycles. The minimum absolute atomic E-state index is 0.105. The van der Waals surface area contributed by atoms with Crippen molar-refractivity contribution in [2.45, 2.75) is 18.5 Å². The molecule has 0 saturated carbocycles. The number of carbonyl (C=O) groups excluding carboxylic acids is 2. The summed E-state index contributed by atoms with van der Waals surface area (Å²) in [5.74, 6) is -7.43. The highest BCUT2D eigenvalue weighted by Gasteiger charge is 2.48. The number of ether oxygens (including phenoxy) is 1. The van der Waals surface area contributed by atoms with Gasteiger partial charge in [0.15, 0.2) is 5.78 Å². The Morgan fingerprint density at radius 2 is 1.94 bits per heavy atom. The summed E-state index contributed by atoms with van der Waals surface area (Å²) < 4.78 is 53.1. The van der Waals surface area contributed by atoms with Crippen molar-refractivity contribution in [3.05, 3.63) is 0 Å². The second-order valence-electron chi connectivity index (χ2n) is 2.96. The molecule has 1 unspecified atom stereocenters. The zero-order valence-electron chi connectivity index (χ0n) is 8.68. The number of hydrogen-bond acceptors (Lipinski definition) is 3. The van der Waals surface area contributed by atoms with Crippen molar-refractivity contribution < 1.29 is 31.9 Å². The molecule has 100 valence electrons. The Labute approximate surface area is 103 Å². The van der Waals surface area contributed by atoms with E-state index in [0.29, 0.717) is 0 Å². The second kappa shape index (κ2) is 6.90. The Hall–Kier alpha value is -0.700. The Morgan fingerprint density at radius 3 is 2.29 bits per heavy atom. The van der Waals surface area contributed by atoms with Gasteiger partial charge in [-0.2, -0.15) is 8.78 Å². The third-order valence-corrected chi connectivity index (χ3v) is 2.35. The van der Waals surface area contributed by atoms with Crippen LogP contribution in [0.1, 0.15) is 0 Å². The zero-order chi connectivity index (χ0) is 13.6. The molecule has 0 heterocycles. The third kappa shape index (κ3) is 4.58. The molecular weight excluding hydrogens is 314 g/mol. The van der Waals surface area contributed by atoms with Crippen LogP contribution in [0.3, 0.4) is 0 Å². The summed E-state index contributed by atoms with van der Waals surface area (Å²) in [5, 5.41) is 1.43. The first-order valence-corrected chi connectivity index (χ1v) is 5.45. The Bertz CT molecular complexity index is 288. The molecule has 9 heteroatoms. The molecule has 1 amide bonds. The molecule has 0 aromatic rings. The van der Waals surface area contributed by atoms with E-state index in [1.807, 2.05) is 0 Å². The van der Waals surface area contributed by atoms with Crippen molar-refractivity contribution in [3.63, 3.8) is 0 Å². The third-order valence-electron chi connectivity index (χ3n) is 1.80. The molecule has 0 aliphatic carbocycles. The first-order valence-electron chi connectivity index (χ1n) is 4.33. The number of nitrogens with one attached hydrogen (secondary N) is 1. The van der Waals surface area contributed by atoms with E-state index in [9.17, 15) is 27.2 Å². The minimum atomic E-state index is -4.78. The predicted molar refractivity (Wildman–Crippen MR) is 53.6 cm³/mol. The number of carbonyl (C=O) groups is 2. The average molecular weight is 324 g/mol. The van der Waals surface area contributed by atoms with Gasteiger partial charge in [0.1, 0.15) is 6.10 Å². The number of methoxy groups -OCH3 is 1. The van der Waals surface area contributed by atoms with Crippen molar-refractivity contribution in [1.29, 1.82) is 0 Å². The number of ketones is 1. The molecule has 0 spiro atoms. The lowest BCUT2D eigenvalue weighted by atomic mass is 10.2. The lowest BCUT2D eigenvalue weighted by Crippen LogP contribution is -2.48. The SMILES string of the molecule is COC(CNC(=O)C(F)(F)C(F)F)C(=O)CBr. The smallest absolute Gasteiger partial charge is 0.372 e. The van der Waals surface area contributed by atoms with Crippen LogP contribution in [-0.2, 0) is 14.3 Å². The maximum absolute atomic E-state index is 12.5. The Morgan fingerprint density at radius 1 is 1.41 bits per heavy atom. The van der Waals surface area contributed by atoms with Gasteiger partial charge in [-0.1, -0.05) is 15.9 Å². The molecule has 4 nitrogen and oxygen atoms in total. The van der Waals surface area contributed by atoms with Crippen molar-refractivity contribution in [1.82, 2.24) is 5.32 Å². The van der Waals surface area contributed by atoms with Crippen molar-refractivity contribution >= 4 is 27.6 Å². The molecule has 0 bridgehead atoms. The summed E-state index contributed by atoms with van der Waals surface area (Å²) in [6, 6.07) is 0. The van der Waals surface area contributed by atoms with E-state index in [1.54, 1.807) is 0 Å². The first kappa shape index (κ1) is 16.3. The number of amides is 1. The molecule has 0 fully saturated rings. The van der Waals surface area contributed by atoms with Crippen LogP contribution in [0.25, 0.3) is 0 Å². The van der Waals surface area contributed by atoms with E-state index in [4.69, 9.17) is 0 Å². The fraction of sp³-hybridized carbons (Fsp3) is 0.750. The normalized spacial score (nSPS) is 13.6. The summed E-state index contributed by atoms with van der Waals surface area (Å²) in [6.07, 6.45) is -5.26. The quantitative estimate of drug-likeness (QED) is 0.561. The van der Waals surface area contributed by atoms with Gasteiger partial charge in [0, 0.05) is 7.11 Å². The summed E-state index contributed by atoms with van der Waals surface area (Å²) in [6.45, 7) is -0.595. The van der Waals surface area contributed by atoms with Crippen LogP contribution in [0.4, 0.5) is 17.6 Å². The van der Waals surface area contributed by atoms with E-state index >= 15 is 0 Å². The van der Waals surface area contributed by atoms with E-state index in [-0.39, 0.29) is 5.33 Å². The maximum Gasteiger partial charge on any atom is 0.383 e. The van der Waals surface area contributed by atoms with Gasteiger partial charge in [0.2, 0.25) is 0 Å². The second-order valence-corrected chi connectivity index (χ2v) is 3.52. The predicted octanol–water partition coefficient (Wildman–Crippen LogP) is 0.982. The largest absolute Gasteiger partial charge is 0.383 e. The van der Waals surface area contributed by atoms with E-state index in [2.05, 4.69) is 20.7 Å². The molecule has 0 radical (unpaired) electrons. The van der Waals surface area contributed by atoms with Gasteiger partial charge < -0.3 is 10.1 Å². The number of hydrogen-bond donors (Lipinski definition) is 1. The molecular formula is C8H10BrF4NO3. The minimum Gasteiger partial charge on any atom is -0.372 e. The van der Waals surface area contributed by atoms with E-state index in [0.717, 1.165) is 7.11 Å². The Balaban J connectivity index is 4.37. The number of alkyl halides is 5. The highest BCUT2D eigenvalue weighted by molar-refractivity contribution is 9.09. The molecule has 17 heavy (non-hydrogen) atoms. The van der Waals surface area contributed by atoms with Crippen LogP contribution in [0.15, 0.2) is 0 Å². The standard InChI is InChI=1S/C8H10BrF4NO3/c1-17-5(4(15)2-9)3-14-7(16)8(12,13)6(10)11/h5-6H,2-3H2,1H3,(H,14,16). The highest BCUT2D eigenvalue weighted by atomic mass is 79.9. The summed E-state index contributed by atoms with van der Waals surface area (Å²) in [5.41, 5.74) is 0. The molecule has 0 saturated heterocycles. The lowest BCUT2D eigenvalue weighted by molar-refractivity contribution is -0.169. The van der Waals surface area contributed by atoms with Crippen molar-refractivity contribution in [2.24, 2.45) is 0 Å². The van der Waals surface area contributed by atoms with Gasteiger partial charge in [-0.05, 0) is 0 Å². The molecule has 0 aromatic carbocycles. The van der Waals surface area contributed by atoms with Gasteiger partial charge in [0.25, 0.3) is 5.91 Å². The van der Waals surface area contributed by atoms with Crippen LogP contribution < -0.4 is 5.32 Å². The number of halogens is 5. The molecule has 0 aliphatic rings. The van der Waals surface area contributed by atoms with Crippen LogP contribution >= 0.6 is 15.9 Å².